The molecule has 1 aromatic carbocycles. The lowest BCUT2D eigenvalue weighted by atomic mass is 10.2. The van der Waals surface area contributed by atoms with E-state index in [9.17, 15) is 4.79 Å². The van der Waals surface area contributed by atoms with Crippen LogP contribution in [0.1, 0.15) is 12.0 Å². The van der Waals surface area contributed by atoms with Gasteiger partial charge in [-0.3, -0.25) is 4.79 Å². The van der Waals surface area contributed by atoms with Crippen molar-refractivity contribution in [2.75, 3.05) is 32.9 Å². The maximum Gasteiger partial charge on any atom is 0.230 e. The number of hydrogen-bond donors (Lipinski definition) is 1. The summed E-state index contributed by atoms with van der Waals surface area (Å²) in [5, 5.41) is 2.93. The van der Waals surface area contributed by atoms with Gasteiger partial charge >= 0.3 is 0 Å². The molecule has 100 valence electrons. The minimum absolute atomic E-state index is 0.110. The number of hydrogen-bond acceptors (Lipinski definition) is 3. The predicted molar refractivity (Wildman–Crippen MR) is 78.1 cm³/mol. The van der Waals surface area contributed by atoms with Crippen molar-refractivity contribution in [3.8, 4) is 0 Å². The summed E-state index contributed by atoms with van der Waals surface area (Å²) in [7, 11) is 4.07. The number of aryl methyl sites for hydroxylation is 1. The molecule has 0 aliphatic carbocycles. The van der Waals surface area contributed by atoms with Gasteiger partial charge in [0.1, 0.15) is 0 Å². The van der Waals surface area contributed by atoms with Crippen LogP contribution >= 0.6 is 11.8 Å². The van der Waals surface area contributed by atoms with Crippen LogP contribution in [-0.4, -0.2) is 43.7 Å². The molecule has 0 aromatic heterocycles. The zero-order valence-corrected chi connectivity index (χ0v) is 12.2. The summed E-state index contributed by atoms with van der Waals surface area (Å²) in [5.41, 5.74) is 1.24. The molecule has 1 rings (SSSR count). The third-order valence-corrected chi connectivity index (χ3v) is 3.51. The Bertz CT molecular complexity index is 363. The minimum Gasteiger partial charge on any atom is -0.355 e. The van der Waals surface area contributed by atoms with Gasteiger partial charge in [-0.25, -0.2) is 0 Å². The highest BCUT2D eigenvalue weighted by molar-refractivity contribution is 8.00. The molecule has 0 heterocycles. The Balaban J connectivity index is 2.15. The van der Waals surface area contributed by atoms with E-state index in [0.29, 0.717) is 5.75 Å². The topological polar surface area (TPSA) is 32.3 Å². The molecular weight excluding hydrogens is 244 g/mol. The van der Waals surface area contributed by atoms with Gasteiger partial charge < -0.3 is 10.2 Å². The number of nitrogens with one attached hydrogen (secondary N) is 1. The van der Waals surface area contributed by atoms with Gasteiger partial charge in [0.05, 0.1) is 5.75 Å². The highest BCUT2D eigenvalue weighted by Crippen LogP contribution is 2.17. The number of nitrogens with zero attached hydrogens (tertiary/aromatic N) is 1. The van der Waals surface area contributed by atoms with E-state index in [4.69, 9.17) is 0 Å². The minimum atomic E-state index is 0.110. The van der Waals surface area contributed by atoms with Crippen LogP contribution in [0.3, 0.4) is 0 Å². The van der Waals surface area contributed by atoms with Gasteiger partial charge in [-0.2, -0.15) is 0 Å². The number of carbonyl (C=O) groups is 1. The lowest BCUT2D eigenvalue weighted by Gasteiger charge is -2.09. The largest absolute Gasteiger partial charge is 0.355 e. The summed E-state index contributed by atoms with van der Waals surface area (Å²) in [6, 6.07) is 8.24. The Morgan fingerprint density at radius 3 is 2.56 bits per heavy atom. The van der Waals surface area contributed by atoms with Crippen LogP contribution < -0.4 is 5.32 Å². The molecular formula is C14H22N2OS. The van der Waals surface area contributed by atoms with Crippen LogP contribution in [0.4, 0.5) is 0 Å². The Morgan fingerprint density at radius 1 is 1.28 bits per heavy atom. The zero-order valence-electron chi connectivity index (χ0n) is 11.4. The van der Waals surface area contributed by atoms with Crippen molar-refractivity contribution in [1.82, 2.24) is 10.2 Å². The van der Waals surface area contributed by atoms with Crippen LogP contribution in [0.25, 0.3) is 0 Å². The van der Waals surface area contributed by atoms with E-state index in [1.165, 1.54) is 5.56 Å². The lowest BCUT2D eigenvalue weighted by molar-refractivity contribution is -0.118. The Hall–Kier alpha value is -1.00. The first-order chi connectivity index (χ1) is 8.58. The lowest BCUT2D eigenvalue weighted by Crippen LogP contribution is -2.28. The fourth-order valence-electron chi connectivity index (χ4n) is 1.46. The Kier molecular flexibility index (Phi) is 6.83. The van der Waals surface area contributed by atoms with Gasteiger partial charge in [0.25, 0.3) is 0 Å². The van der Waals surface area contributed by atoms with E-state index in [1.54, 1.807) is 11.8 Å². The van der Waals surface area contributed by atoms with E-state index in [0.717, 1.165) is 24.4 Å². The maximum atomic E-state index is 11.6. The Morgan fingerprint density at radius 2 is 1.94 bits per heavy atom. The summed E-state index contributed by atoms with van der Waals surface area (Å²) in [6.07, 6.45) is 0.994. The van der Waals surface area contributed by atoms with Gasteiger partial charge in [-0.05, 0) is 46.1 Å². The van der Waals surface area contributed by atoms with Crippen molar-refractivity contribution in [1.29, 1.82) is 0 Å². The molecule has 0 radical (unpaired) electrons. The van der Waals surface area contributed by atoms with Crippen molar-refractivity contribution in [3.05, 3.63) is 29.8 Å². The molecule has 0 fully saturated rings. The SMILES string of the molecule is Cc1ccc(SCC(=O)NCCCN(C)C)cc1. The van der Waals surface area contributed by atoms with Crippen molar-refractivity contribution in [2.24, 2.45) is 0 Å². The normalized spacial score (nSPS) is 10.7. The summed E-state index contributed by atoms with van der Waals surface area (Å²) in [4.78, 5) is 14.8. The molecule has 0 aliphatic heterocycles. The summed E-state index contributed by atoms with van der Waals surface area (Å²) in [6.45, 7) is 3.82. The first-order valence-electron chi connectivity index (χ1n) is 6.19. The molecule has 0 aliphatic rings. The number of benzene rings is 1. The molecule has 0 unspecified atom stereocenters. The average molecular weight is 266 g/mol. The average Bonchev–Trinajstić information content (AvgIpc) is 2.34. The summed E-state index contributed by atoms with van der Waals surface area (Å²) >= 11 is 1.58. The van der Waals surface area contributed by atoms with E-state index in [1.807, 2.05) is 14.1 Å². The highest BCUT2D eigenvalue weighted by atomic mass is 32.2. The maximum absolute atomic E-state index is 11.6. The number of amides is 1. The molecule has 1 N–H and O–H groups in total. The molecule has 0 bridgehead atoms. The molecule has 4 heteroatoms. The zero-order chi connectivity index (χ0) is 13.4. The monoisotopic (exact) mass is 266 g/mol. The number of thioether (sulfide) groups is 1. The van der Waals surface area contributed by atoms with Crippen LogP contribution in [0, 0.1) is 6.92 Å². The fraction of sp³-hybridized carbons (Fsp3) is 0.500. The van der Waals surface area contributed by atoms with Gasteiger partial charge in [0, 0.05) is 11.4 Å². The van der Waals surface area contributed by atoms with Crippen LogP contribution in [0.5, 0.6) is 0 Å². The molecule has 0 saturated carbocycles. The van der Waals surface area contributed by atoms with Crippen molar-refractivity contribution < 1.29 is 4.79 Å². The van der Waals surface area contributed by atoms with E-state index in [2.05, 4.69) is 41.4 Å². The first-order valence-corrected chi connectivity index (χ1v) is 7.17. The molecule has 0 spiro atoms. The van der Waals surface area contributed by atoms with E-state index >= 15 is 0 Å². The summed E-state index contributed by atoms with van der Waals surface area (Å²) < 4.78 is 0. The predicted octanol–water partition coefficient (Wildman–Crippen LogP) is 2.16. The molecule has 1 amide bonds. The second-order valence-electron chi connectivity index (χ2n) is 4.61. The van der Waals surface area contributed by atoms with Crippen LogP contribution in [0.2, 0.25) is 0 Å². The van der Waals surface area contributed by atoms with Gasteiger partial charge in [0.2, 0.25) is 5.91 Å². The first kappa shape index (κ1) is 15.1. The molecule has 1 aromatic rings. The number of rotatable bonds is 7. The van der Waals surface area contributed by atoms with Gasteiger partial charge in [0.15, 0.2) is 0 Å². The third kappa shape index (κ3) is 6.67. The number of carbonyl (C=O) groups excluding carboxylic acids is 1. The second-order valence-corrected chi connectivity index (χ2v) is 5.66. The fourth-order valence-corrected chi connectivity index (χ4v) is 2.19. The molecule has 18 heavy (non-hydrogen) atoms. The Labute approximate surface area is 114 Å². The van der Waals surface area contributed by atoms with Crippen molar-refractivity contribution >= 4 is 17.7 Å². The van der Waals surface area contributed by atoms with E-state index < -0.39 is 0 Å². The molecule has 0 saturated heterocycles. The van der Waals surface area contributed by atoms with E-state index in [-0.39, 0.29) is 5.91 Å². The van der Waals surface area contributed by atoms with Gasteiger partial charge in [-0.1, -0.05) is 17.7 Å². The van der Waals surface area contributed by atoms with Gasteiger partial charge in [-0.15, -0.1) is 11.8 Å². The quantitative estimate of drug-likeness (QED) is 0.606. The smallest absolute Gasteiger partial charge is 0.230 e. The summed E-state index contributed by atoms with van der Waals surface area (Å²) in [5.74, 6) is 0.602. The standard InChI is InChI=1S/C14H22N2OS/c1-12-5-7-13(8-6-12)18-11-14(17)15-9-4-10-16(2)3/h5-8H,4,9-11H2,1-3H3,(H,15,17). The van der Waals surface area contributed by atoms with Crippen LogP contribution in [0.15, 0.2) is 29.2 Å². The highest BCUT2D eigenvalue weighted by Gasteiger charge is 2.02. The molecule has 3 nitrogen and oxygen atoms in total. The van der Waals surface area contributed by atoms with Crippen molar-refractivity contribution in [2.45, 2.75) is 18.2 Å². The van der Waals surface area contributed by atoms with Crippen molar-refractivity contribution in [3.63, 3.8) is 0 Å². The van der Waals surface area contributed by atoms with Crippen LogP contribution in [-0.2, 0) is 4.79 Å². The third-order valence-electron chi connectivity index (χ3n) is 2.50. The second kappa shape index (κ2) is 8.16. The molecule has 0 atom stereocenters.